The van der Waals surface area contributed by atoms with Crippen LogP contribution >= 0.6 is 0 Å². The quantitative estimate of drug-likeness (QED) is 0.509. The maximum atomic E-state index is 13.5. The Morgan fingerprint density at radius 1 is 0.914 bits per heavy atom. The van der Waals surface area contributed by atoms with E-state index in [0.29, 0.717) is 37.6 Å². The van der Waals surface area contributed by atoms with Gasteiger partial charge in [-0.3, -0.25) is 9.59 Å². The lowest BCUT2D eigenvalue weighted by Crippen LogP contribution is -2.49. The molecular weight excluding hydrogens is 447 g/mol. The molecule has 2 amide bonds. The van der Waals surface area contributed by atoms with Crippen molar-refractivity contribution in [3.63, 3.8) is 0 Å². The first kappa shape index (κ1) is 24.3. The molecule has 1 aliphatic rings. The molecule has 0 spiro atoms. The normalized spacial score (nSPS) is 13.1. The zero-order chi connectivity index (χ0) is 24.6. The van der Waals surface area contributed by atoms with Crippen LogP contribution in [0.5, 0.6) is 11.5 Å². The topological polar surface area (TPSA) is 67.9 Å². The number of benzene rings is 3. The molecule has 1 atom stereocenters. The summed E-state index contributed by atoms with van der Waals surface area (Å²) in [7, 11) is 1.57. The van der Waals surface area contributed by atoms with Gasteiger partial charge < -0.3 is 19.7 Å². The third kappa shape index (κ3) is 6.38. The van der Waals surface area contributed by atoms with E-state index in [1.54, 1.807) is 24.1 Å². The average molecular weight is 477 g/mol. The monoisotopic (exact) mass is 476 g/mol. The number of rotatable bonds is 9. The smallest absolute Gasteiger partial charge is 0.242 e. The van der Waals surface area contributed by atoms with Gasteiger partial charge in [0.2, 0.25) is 11.8 Å². The van der Waals surface area contributed by atoms with E-state index >= 15 is 0 Å². The number of carbonyl (C=O) groups is 2. The number of ether oxygens (including phenoxy) is 2. The van der Waals surface area contributed by atoms with E-state index in [2.05, 4.69) is 5.32 Å². The third-order valence-corrected chi connectivity index (χ3v) is 6.02. The number of hydrogen-bond donors (Lipinski definition) is 1. The van der Waals surface area contributed by atoms with Crippen molar-refractivity contribution in [2.24, 2.45) is 0 Å². The van der Waals surface area contributed by atoms with Gasteiger partial charge in [-0.1, -0.05) is 48.5 Å². The fourth-order valence-electron chi connectivity index (χ4n) is 4.15. The Morgan fingerprint density at radius 2 is 1.60 bits per heavy atom. The van der Waals surface area contributed by atoms with E-state index in [1.807, 2.05) is 48.5 Å². The zero-order valence-electron chi connectivity index (χ0n) is 19.7. The number of halogens is 1. The first-order chi connectivity index (χ1) is 17.0. The van der Waals surface area contributed by atoms with Crippen molar-refractivity contribution in [2.45, 2.75) is 31.8 Å². The first-order valence-electron chi connectivity index (χ1n) is 11.7. The number of fused-ring (bicyclic) bond motifs is 1. The van der Waals surface area contributed by atoms with Gasteiger partial charge >= 0.3 is 0 Å². The molecule has 3 aromatic rings. The average Bonchev–Trinajstić information content (AvgIpc) is 2.90. The highest BCUT2D eigenvalue weighted by Gasteiger charge is 2.29. The van der Waals surface area contributed by atoms with Gasteiger partial charge in [-0.05, 0) is 47.4 Å². The number of likely N-dealkylation sites (N-methyl/N-ethyl adjacent to an activating group) is 1. The SMILES string of the molecule is CNC(=O)[C@@H](Cc1ccccc1)N(Cc1ccc(F)cc1)C(=O)CCc1ccc2c(c1)OCCO2. The van der Waals surface area contributed by atoms with Crippen LogP contribution in [0.25, 0.3) is 0 Å². The van der Waals surface area contributed by atoms with Gasteiger partial charge in [-0.25, -0.2) is 4.39 Å². The lowest BCUT2D eigenvalue weighted by Gasteiger charge is -2.31. The molecule has 3 aromatic carbocycles. The molecule has 0 aromatic heterocycles. The van der Waals surface area contributed by atoms with Crippen LogP contribution in [0.1, 0.15) is 23.1 Å². The number of nitrogens with one attached hydrogen (secondary N) is 1. The fourth-order valence-corrected chi connectivity index (χ4v) is 4.15. The summed E-state index contributed by atoms with van der Waals surface area (Å²) in [6.45, 7) is 1.21. The first-order valence-corrected chi connectivity index (χ1v) is 11.7. The molecule has 0 fully saturated rings. The van der Waals surface area contributed by atoms with Crippen LogP contribution in [0.15, 0.2) is 72.8 Å². The maximum absolute atomic E-state index is 13.5. The Kier molecular flexibility index (Phi) is 7.98. The van der Waals surface area contributed by atoms with E-state index in [1.165, 1.54) is 12.1 Å². The molecule has 1 N–H and O–H groups in total. The van der Waals surface area contributed by atoms with Crippen molar-refractivity contribution in [3.8, 4) is 11.5 Å². The summed E-state index contributed by atoms with van der Waals surface area (Å²) in [5, 5.41) is 2.70. The van der Waals surface area contributed by atoms with E-state index in [4.69, 9.17) is 9.47 Å². The molecule has 35 heavy (non-hydrogen) atoms. The van der Waals surface area contributed by atoms with Crippen molar-refractivity contribution in [1.29, 1.82) is 0 Å². The summed E-state index contributed by atoms with van der Waals surface area (Å²) in [6, 6.07) is 20.6. The largest absolute Gasteiger partial charge is 0.486 e. The summed E-state index contributed by atoms with van der Waals surface area (Å²) >= 11 is 0. The minimum atomic E-state index is -0.708. The second-order valence-corrected chi connectivity index (χ2v) is 8.45. The van der Waals surface area contributed by atoms with Crippen LogP contribution in [0.3, 0.4) is 0 Å². The Morgan fingerprint density at radius 3 is 2.31 bits per heavy atom. The Balaban J connectivity index is 1.56. The highest BCUT2D eigenvalue weighted by Crippen LogP contribution is 2.31. The summed E-state index contributed by atoms with van der Waals surface area (Å²) < 4.78 is 24.7. The Hall–Kier alpha value is -3.87. The van der Waals surface area contributed by atoms with Crippen molar-refractivity contribution in [1.82, 2.24) is 10.2 Å². The number of carbonyl (C=O) groups excluding carboxylic acids is 2. The number of aryl methyl sites for hydroxylation is 1. The minimum Gasteiger partial charge on any atom is -0.486 e. The molecular formula is C28H29FN2O4. The standard InChI is InChI=1S/C28H29FN2O4/c1-30-28(33)24(17-20-5-3-2-4-6-20)31(19-22-7-11-23(29)12-8-22)27(32)14-10-21-9-13-25-26(18-21)35-16-15-34-25/h2-9,11-13,18,24H,10,14-17,19H2,1H3,(H,30,33)/t24-/m1/s1. The third-order valence-electron chi connectivity index (χ3n) is 6.02. The highest BCUT2D eigenvalue weighted by molar-refractivity contribution is 5.88. The number of hydrogen-bond acceptors (Lipinski definition) is 4. The van der Waals surface area contributed by atoms with E-state index < -0.39 is 6.04 Å². The molecule has 0 saturated carbocycles. The lowest BCUT2D eigenvalue weighted by atomic mass is 10.0. The van der Waals surface area contributed by atoms with Crippen LogP contribution in [-0.4, -0.2) is 43.0 Å². The minimum absolute atomic E-state index is 0.159. The zero-order valence-corrected chi connectivity index (χ0v) is 19.7. The fraction of sp³-hybridized carbons (Fsp3) is 0.286. The predicted octanol–water partition coefficient (Wildman–Crippen LogP) is 3.92. The Bertz CT molecular complexity index is 1150. The van der Waals surface area contributed by atoms with Crippen molar-refractivity contribution in [2.75, 3.05) is 20.3 Å². The van der Waals surface area contributed by atoms with Crippen LogP contribution in [0.4, 0.5) is 4.39 Å². The molecule has 1 aliphatic heterocycles. The molecule has 0 aliphatic carbocycles. The summed E-state index contributed by atoms with van der Waals surface area (Å²) in [5.74, 6) is 0.623. The van der Waals surface area contributed by atoms with Gasteiger partial charge in [-0.15, -0.1) is 0 Å². The van der Waals surface area contributed by atoms with Crippen LogP contribution in [0.2, 0.25) is 0 Å². The van der Waals surface area contributed by atoms with Crippen molar-refractivity contribution >= 4 is 11.8 Å². The van der Waals surface area contributed by atoms with Gasteiger partial charge in [0.25, 0.3) is 0 Å². The predicted molar refractivity (Wildman–Crippen MR) is 131 cm³/mol. The number of amides is 2. The van der Waals surface area contributed by atoms with E-state index in [-0.39, 0.29) is 30.6 Å². The van der Waals surface area contributed by atoms with Gasteiger partial charge in [0.05, 0.1) is 0 Å². The molecule has 1 heterocycles. The second-order valence-electron chi connectivity index (χ2n) is 8.45. The molecule has 182 valence electrons. The number of nitrogens with zero attached hydrogens (tertiary/aromatic N) is 1. The van der Waals surface area contributed by atoms with Gasteiger partial charge in [0, 0.05) is 26.4 Å². The van der Waals surface area contributed by atoms with Crippen LogP contribution in [0, 0.1) is 5.82 Å². The van der Waals surface area contributed by atoms with Crippen LogP contribution < -0.4 is 14.8 Å². The van der Waals surface area contributed by atoms with Crippen molar-refractivity contribution < 1.29 is 23.5 Å². The van der Waals surface area contributed by atoms with E-state index in [0.717, 1.165) is 16.7 Å². The highest BCUT2D eigenvalue weighted by atomic mass is 19.1. The van der Waals surface area contributed by atoms with Crippen molar-refractivity contribution in [3.05, 3.63) is 95.3 Å². The molecule has 6 nitrogen and oxygen atoms in total. The molecule has 0 radical (unpaired) electrons. The van der Waals surface area contributed by atoms with Gasteiger partial charge in [0.1, 0.15) is 25.1 Å². The summed E-state index contributed by atoms with van der Waals surface area (Å²) in [5.41, 5.74) is 2.65. The molecule has 7 heteroatoms. The maximum Gasteiger partial charge on any atom is 0.242 e. The van der Waals surface area contributed by atoms with Gasteiger partial charge in [0.15, 0.2) is 11.5 Å². The Labute approximate surface area is 204 Å². The molecule has 4 rings (SSSR count). The second kappa shape index (κ2) is 11.5. The summed E-state index contributed by atoms with van der Waals surface area (Å²) in [6.07, 6.45) is 1.07. The molecule has 0 bridgehead atoms. The molecule has 0 saturated heterocycles. The summed E-state index contributed by atoms with van der Waals surface area (Å²) in [4.78, 5) is 28.1. The van der Waals surface area contributed by atoms with E-state index in [9.17, 15) is 14.0 Å². The van der Waals surface area contributed by atoms with Gasteiger partial charge in [-0.2, -0.15) is 0 Å². The van der Waals surface area contributed by atoms with Crippen LogP contribution in [-0.2, 0) is 29.0 Å². The lowest BCUT2D eigenvalue weighted by molar-refractivity contribution is -0.141. The molecule has 0 unspecified atom stereocenters.